The van der Waals surface area contributed by atoms with Crippen molar-refractivity contribution in [1.82, 2.24) is 15.6 Å². The highest BCUT2D eigenvalue weighted by Gasteiger charge is 2.08. The summed E-state index contributed by atoms with van der Waals surface area (Å²) in [5.74, 6) is 1.16. The molecule has 0 aromatic carbocycles. The Kier molecular flexibility index (Phi) is 7.75. The Bertz CT molecular complexity index is 447. The van der Waals surface area contributed by atoms with E-state index in [1.165, 1.54) is 0 Å². The first kappa shape index (κ1) is 17.4. The Labute approximate surface area is 127 Å². The molecule has 118 valence electrons. The quantitative estimate of drug-likeness (QED) is 0.731. The first-order valence-electron chi connectivity index (χ1n) is 7.59. The van der Waals surface area contributed by atoms with Gasteiger partial charge in [0.1, 0.15) is 5.75 Å². The van der Waals surface area contributed by atoms with Crippen LogP contribution in [0.15, 0.2) is 12.1 Å². The number of aryl methyl sites for hydroxylation is 1. The normalized spacial score (nSPS) is 10.7. The molecule has 0 radical (unpaired) electrons. The zero-order valence-electron chi connectivity index (χ0n) is 13.5. The van der Waals surface area contributed by atoms with Gasteiger partial charge in [0.25, 0.3) is 5.91 Å². The van der Waals surface area contributed by atoms with Crippen LogP contribution < -0.4 is 15.4 Å². The molecular formula is C16H27N3O2. The highest BCUT2D eigenvalue weighted by molar-refractivity contribution is 5.77. The average Bonchev–Trinajstić information content (AvgIpc) is 2.43. The molecule has 21 heavy (non-hydrogen) atoms. The van der Waals surface area contributed by atoms with Gasteiger partial charge in [-0.25, -0.2) is 0 Å². The highest BCUT2D eigenvalue weighted by atomic mass is 16.5. The third kappa shape index (κ3) is 7.09. The van der Waals surface area contributed by atoms with E-state index in [9.17, 15) is 4.79 Å². The number of nitrogens with zero attached hydrogens (tertiary/aromatic N) is 1. The van der Waals surface area contributed by atoms with Crippen molar-refractivity contribution < 1.29 is 9.53 Å². The number of rotatable bonds is 9. The Morgan fingerprint density at radius 3 is 2.81 bits per heavy atom. The molecule has 0 aliphatic carbocycles. The minimum absolute atomic E-state index is 0.0297. The van der Waals surface area contributed by atoms with Crippen molar-refractivity contribution in [3.63, 3.8) is 0 Å². The SMILES string of the molecule is CCNCc1nc(C)ccc1OCC(=O)NCCC(C)C. The fourth-order valence-electron chi connectivity index (χ4n) is 1.79. The number of pyridine rings is 1. The molecule has 1 heterocycles. The highest BCUT2D eigenvalue weighted by Crippen LogP contribution is 2.16. The van der Waals surface area contributed by atoms with Crippen LogP contribution in [0.4, 0.5) is 0 Å². The first-order valence-corrected chi connectivity index (χ1v) is 7.59. The van der Waals surface area contributed by atoms with Crippen molar-refractivity contribution in [2.24, 2.45) is 5.92 Å². The summed E-state index contributed by atoms with van der Waals surface area (Å²) in [4.78, 5) is 16.2. The lowest BCUT2D eigenvalue weighted by Gasteiger charge is -2.12. The lowest BCUT2D eigenvalue weighted by Crippen LogP contribution is -2.30. The number of carbonyl (C=O) groups is 1. The molecule has 0 saturated heterocycles. The van der Waals surface area contributed by atoms with E-state index in [0.29, 0.717) is 24.8 Å². The summed E-state index contributed by atoms with van der Waals surface area (Å²) < 4.78 is 5.59. The Hall–Kier alpha value is -1.62. The van der Waals surface area contributed by atoms with E-state index in [1.807, 2.05) is 26.0 Å². The van der Waals surface area contributed by atoms with Gasteiger partial charge in [0.15, 0.2) is 6.61 Å². The molecular weight excluding hydrogens is 266 g/mol. The van der Waals surface area contributed by atoms with Gasteiger partial charge in [-0.3, -0.25) is 9.78 Å². The van der Waals surface area contributed by atoms with Gasteiger partial charge in [0, 0.05) is 18.8 Å². The summed E-state index contributed by atoms with van der Waals surface area (Å²) in [6.07, 6.45) is 0.976. The molecule has 0 unspecified atom stereocenters. The number of ether oxygens (including phenoxy) is 1. The van der Waals surface area contributed by atoms with E-state index in [2.05, 4.69) is 29.5 Å². The van der Waals surface area contributed by atoms with Crippen LogP contribution in [0, 0.1) is 12.8 Å². The minimum Gasteiger partial charge on any atom is -0.482 e. The molecule has 1 aromatic rings. The van der Waals surface area contributed by atoms with Gasteiger partial charge in [-0.05, 0) is 37.9 Å². The van der Waals surface area contributed by atoms with Gasteiger partial charge in [0.05, 0.1) is 5.69 Å². The Morgan fingerprint density at radius 2 is 2.14 bits per heavy atom. The molecule has 1 amide bonds. The van der Waals surface area contributed by atoms with Gasteiger partial charge < -0.3 is 15.4 Å². The van der Waals surface area contributed by atoms with E-state index in [-0.39, 0.29) is 12.5 Å². The molecule has 5 nitrogen and oxygen atoms in total. The second kappa shape index (κ2) is 9.34. The molecule has 1 rings (SSSR count). The molecule has 0 spiro atoms. The number of amides is 1. The van der Waals surface area contributed by atoms with Gasteiger partial charge in [-0.2, -0.15) is 0 Å². The molecule has 0 saturated carbocycles. The maximum Gasteiger partial charge on any atom is 0.257 e. The second-order valence-electron chi connectivity index (χ2n) is 5.50. The fraction of sp³-hybridized carbons (Fsp3) is 0.625. The van der Waals surface area contributed by atoms with E-state index in [0.717, 1.165) is 24.4 Å². The van der Waals surface area contributed by atoms with Gasteiger partial charge in [-0.1, -0.05) is 20.8 Å². The van der Waals surface area contributed by atoms with Crippen LogP contribution in [0.25, 0.3) is 0 Å². The molecule has 0 bridgehead atoms. The van der Waals surface area contributed by atoms with Crippen molar-refractivity contribution in [3.8, 4) is 5.75 Å². The van der Waals surface area contributed by atoms with Crippen LogP contribution >= 0.6 is 0 Å². The van der Waals surface area contributed by atoms with Gasteiger partial charge in [-0.15, -0.1) is 0 Å². The van der Waals surface area contributed by atoms with E-state index >= 15 is 0 Å². The molecule has 0 atom stereocenters. The number of carbonyl (C=O) groups excluding carboxylic acids is 1. The fourth-order valence-corrected chi connectivity index (χ4v) is 1.79. The second-order valence-corrected chi connectivity index (χ2v) is 5.50. The summed E-state index contributed by atoms with van der Waals surface area (Å²) in [7, 11) is 0. The van der Waals surface area contributed by atoms with Crippen LogP contribution in [0.5, 0.6) is 5.75 Å². The van der Waals surface area contributed by atoms with Crippen LogP contribution in [0.3, 0.4) is 0 Å². The predicted molar refractivity (Wildman–Crippen MR) is 84.3 cm³/mol. The van der Waals surface area contributed by atoms with Crippen molar-refractivity contribution >= 4 is 5.91 Å². The van der Waals surface area contributed by atoms with Crippen LogP contribution in [-0.2, 0) is 11.3 Å². The molecule has 2 N–H and O–H groups in total. The van der Waals surface area contributed by atoms with Crippen LogP contribution in [0.1, 0.15) is 38.6 Å². The molecule has 1 aromatic heterocycles. The summed E-state index contributed by atoms with van der Waals surface area (Å²) in [5, 5.41) is 6.08. The molecule has 0 fully saturated rings. The number of hydrogen-bond acceptors (Lipinski definition) is 4. The summed E-state index contributed by atoms with van der Waals surface area (Å²) >= 11 is 0. The lowest BCUT2D eigenvalue weighted by molar-refractivity contribution is -0.123. The Balaban J connectivity index is 2.48. The summed E-state index contributed by atoms with van der Waals surface area (Å²) in [5.41, 5.74) is 1.78. The monoisotopic (exact) mass is 293 g/mol. The average molecular weight is 293 g/mol. The van der Waals surface area contributed by atoms with Crippen molar-refractivity contribution in [1.29, 1.82) is 0 Å². The maximum atomic E-state index is 11.7. The molecule has 0 aliphatic heterocycles. The zero-order valence-corrected chi connectivity index (χ0v) is 13.5. The van der Waals surface area contributed by atoms with Crippen molar-refractivity contribution in [3.05, 3.63) is 23.5 Å². The zero-order chi connectivity index (χ0) is 15.7. The van der Waals surface area contributed by atoms with E-state index < -0.39 is 0 Å². The lowest BCUT2D eigenvalue weighted by atomic mass is 10.1. The predicted octanol–water partition coefficient (Wildman–Crippen LogP) is 2.04. The number of aromatic nitrogens is 1. The van der Waals surface area contributed by atoms with E-state index in [4.69, 9.17) is 4.74 Å². The summed E-state index contributed by atoms with van der Waals surface area (Å²) in [6, 6.07) is 3.76. The van der Waals surface area contributed by atoms with Crippen molar-refractivity contribution in [2.45, 2.75) is 40.7 Å². The smallest absolute Gasteiger partial charge is 0.257 e. The molecule has 5 heteroatoms. The Morgan fingerprint density at radius 1 is 1.38 bits per heavy atom. The van der Waals surface area contributed by atoms with Crippen molar-refractivity contribution in [2.75, 3.05) is 19.7 Å². The standard InChI is InChI=1S/C16H27N3O2/c1-5-17-10-14-15(7-6-13(4)19-14)21-11-16(20)18-9-8-12(2)3/h6-7,12,17H,5,8-11H2,1-4H3,(H,18,20). The largest absolute Gasteiger partial charge is 0.482 e. The van der Waals surface area contributed by atoms with E-state index in [1.54, 1.807) is 0 Å². The minimum atomic E-state index is -0.0920. The third-order valence-corrected chi connectivity index (χ3v) is 3.02. The number of nitrogens with one attached hydrogen (secondary N) is 2. The first-order chi connectivity index (χ1) is 10.0. The third-order valence-electron chi connectivity index (χ3n) is 3.02. The van der Waals surface area contributed by atoms with Gasteiger partial charge >= 0.3 is 0 Å². The van der Waals surface area contributed by atoms with Crippen LogP contribution in [0.2, 0.25) is 0 Å². The van der Waals surface area contributed by atoms with Crippen LogP contribution in [-0.4, -0.2) is 30.6 Å². The van der Waals surface area contributed by atoms with Gasteiger partial charge in [0.2, 0.25) is 0 Å². The summed E-state index contributed by atoms with van der Waals surface area (Å²) in [6.45, 7) is 10.5. The topological polar surface area (TPSA) is 63.3 Å². The number of hydrogen-bond donors (Lipinski definition) is 2. The maximum absolute atomic E-state index is 11.7. The molecule has 0 aliphatic rings.